The fourth-order valence-electron chi connectivity index (χ4n) is 2.17. The summed E-state index contributed by atoms with van der Waals surface area (Å²) in [4.78, 5) is 0. The Hall–Kier alpha value is -1.02. The van der Waals surface area contributed by atoms with Gasteiger partial charge in [-0.3, -0.25) is 0 Å². The maximum Gasteiger partial charge on any atom is 0.115 e. The van der Waals surface area contributed by atoms with E-state index in [1.165, 1.54) is 11.1 Å². The third kappa shape index (κ3) is 1.62. The van der Waals surface area contributed by atoms with Gasteiger partial charge in [-0.25, -0.2) is 0 Å². The van der Waals surface area contributed by atoms with Crippen molar-refractivity contribution in [3.05, 3.63) is 29.3 Å². The van der Waals surface area contributed by atoms with Crippen molar-refractivity contribution in [1.29, 1.82) is 0 Å². The van der Waals surface area contributed by atoms with Gasteiger partial charge in [0.1, 0.15) is 5.75 Å². The second-order valence-electron chi connectivity index (χ2n) is 4.65. The largest absolute Gasteiger partial charge is 0.508 e. The molecule has 1 heterocycles. The van der Waals surface area contributed by atoms with Crippen LogP contribution in [0, 0.1) is 0 Å². The summed E-state index contributed by atoms with van der Waals surface area (Å²) in [5.74, 6) is 0.376. The van der Waals surface area contributed by atoms with Crippen molar-refractivity contribution in [3.63, 3.8) is 0 Å². The zero-order valence-electron chi connectivity index (χ0n) is 8.80. The molecule has 14 heavy (non-hydrogen) atoms. The average Bonchev–Trinajstić information content (AvgIpc) is 2.25. The van der Waals surface area contributed by atoms with Crippen molar-refractivity contribution in [2.75, 3.05) is 13.1 Å². The van der Waals surface area contributed by atoms with E-state index in [-0.39, 0.29) is 5.41 Å². The Bertz CT molecular complexity index is 344. The first-order valence-corrected chi connectivity index (χ1v) is 5.13. The standard InChI is InChI=1S/C12H17NO/c1-12(2)8-13-6-5-9-7-10(14)3-4-11(9)12/h3-4,7,13-14H,5-6,8H2,1-2H3. The molecule has 0 bridgehead atoms. The molecule has 2 nitrogen and oxygen atoms in total. The molecule has 0 atom stereocenters. The highest BCUT2D eigenvalue weighted by Crippen LogP contribution is 2.30. The van der Waals surface area contributed by atoms with Gasteiger partial charge in [0.25, 0.3) is 0 Å². The number of nitrogens with one attached hydrogen (secondary N) is 1. The fraction of sp³-hybridized carbons (Fsp3) is 0.500. The SMILES string of the molecule is CC1(C)CNCCc2cc(O)ccc21. The topological polar surface area (TPSA) is 32.3 Å². The molecule has 1 aromatic rings. The highest BCUT2D eigenvalue weighted by atomic mass is 16.3. The molecule has 0 saturated carbocycles. The van der Waals surface area contributed by atoms with Gasteiger partial charge in [0, 0.05) is 12.0 Å². The van der Waals surface area contributed by atoms with E-state index < -0.39 is 0 Å². The molecule has 0 unspecified atom stereocenters. The van der Waals surface area contributed by atoms with Crippen molar-refractivity contribution in [2.24, 2.45) is 0 Å². The second-order valence-corrected chi connectivity index (χ2v) is 4.65. The zero-order chi connectivity index (χ0) is 10.2. The lowest BCUT2D eigenvalue weighted by molar-refractivity contribution is 0.471. The van der Waals surface area contributed by atoms with Crippen LogP contribution in [0.15, 0.2) is 18.2 Å². The molecule has 2 rings (SSSR count). The van der Waals surface area contributed by atoms with Crippen molar-refractivity contribution in [2.45, 2.75) is 25.7 Å². The van der Waals surface area contributed by atoms with E-state index >= 15 is 0 Å². The smallest absolute Gasteiger partial charge is 0.115 e. The van der Waals surface area contributed by atoms with E-state index in [0.29, 0.717) is 5.75 Å². The molecule has 0 spiro atoms. The summed E-state index contributed by atoms with van der Waals surface area (Å²) in [6.45, 7) is 6.48. The number of phenols is 1. The van der Waals surface area contributed by atoms with Gasteiger partial charge in [0.2, 0.25) is 0 Å². The van der Waals surface area contributed by atoms with Crippen LogP contribution in [0.3, 0.4) is 0 Å². The average molecular weight is 191 g/mol. The number of aromatic hydroxyl groups is 1. The van der Waals surface area contributed by atoms with Crippen LogP contribution in [0.5, 0.6) is 5.75 Å². The molecule has 0 aliphatic carbocycles. The molecular formula is C12H17NO. The van der Waals surface area contributed by atoms with E-state index in [1.807, 2.05) is 6.07 Å². The number of fused-ring (bicyclic) bond motifs is 1. The van der Waals surface area contributed by atoms with E-state index in [4.69, 9.17) is 0 Å². The first-order valence-electron chi connectivity index (χ1n) is 5.13. The van der Waals surface area contributed by atoms with Crippen LogP contribution in [0.4, 0.5) is 0 Å². The summed E-state index contributed by atoms with van der Waals surface area (Å²) in [5.41, 5.74) is 2.81. The van der Waals surface area contributed by atoms with Crippen LogP contribution in [0.2, 0.25) is 0 Å². The van der Waals surface area contributed by atoms with E-state index in [9.17, 15) is 5.11 Å². The van der Waals surface area contributed by atoms with Gasteiger partial charge in [0.15, 0.2) is 0 Å². The Morgan fingerprint density at radius 1 is 1.36 bits per heavy atom. The minimum Gasteiger partial charge on any atom is -0.508 e. The van der Waals surface area contributed by atoms with Crippen molar-refractivity contribution in [3.8, 4) is 5.75 Å². The van der Waals surface area contributed by atoms with E-state index in [0.717, 1.165) is 19.5 Å². The highest BCUT2D eigenvalue weighted by molar-refractivity contribution is 5.40. The predicted molar refractivity (Wildman–Crippen MR) is 57.7 cm³/mol. The minimum absolute atomic E-state index is 0.166. The predicted octanol–water partition coefficient (Wildman–Crippen LogP) is 1.82. The summed E-state index contributed by atoms with van der Waals surface area (Å²) >= 11 is 0. The molecule has 1 aliphatic heterocycles. The first-order chi connectivity index (χ1) is 6.59. The second kappa shape index (κ2) is 3.28. The Labute approximate surface area is 85.0 Å². The lowest BCUT2D eigenvalue weighted by Gasteiger charge is -2.25. The van der Waals surface area contributed by atoms with Crippen LogP contribution in [-0.4, -0.2) is 18.2 Å². The maximum atomic E-state index is 9.43. The normalized spacial score (nSPS) is 19.9. The van der Waals surface area contributed by atoms with Crippen LogP contribution in [-0.2, 0) is 11.8 Å². The van der Waals surface area contributed by atoms with Crippen LogP contribution < -0.4 is 5.32 Å². The van der Waals surface area contributed by atoms with E-state index in [2.05, 4.69) is 25.2 Å². The summed E-state index contributed by atoms with van der Waals surface area (Å²) in [6, 6.07) is 5.73. The van der Waals surface area contributed by atoms with Gasteiger partial charge in [-0.05, 0) is 36.2 Å². The molecule has 1 aliphatic rings. The minimum atomic E-state index is 0.166. The fourth-order valence-corrected chi connectivity index (χ4v) is 2.17. The lowest BCUT2D eigenvalue weighted by Crippen LogP contribution is -2.31. The van der Waals surface area contributed by atoms with Gasteiger partial charge in [-0.2, -0.15) is 0 Å². The van der Waals surface area contributed by atoms with Crippen molar-refractivity contribution < 1.29 is 5.11 Å². The van der Waals surface area contributed by atoms with Gasteiger partial charge < -0.3 is 10.4 Å². The Balaban J connectivity index is 2.50. The summed E-state index contributed by atoms with van der Waals surface area (Å²) in [6.07, 6.45) is 1.01. The first kappa shape index (κ1) is 9.53. The quantitative estimate of drug-likeness (QED) is 0.655. The number of hydrogen-bond donors (Lipinski definition) is 2. The molecule has 1 aromatic carbocycles. The van der Waals surface area contributed by atoms with Gasteiger partial charge in [-0.15, -0.1) is 0 Å². The monoisotopic (exact) mass is 191 g/mol. The number of benzene rings is 1. The van der Waals surface area contributed by atoms with Crippen molar-refractivity contribution in [1.82, 2.24) is 5.32 Å². The van der Waals surface area contributed by atoms with Crippen molar-refractivity contribution >= 4 is 0 Å². The molecule has 2 N–H and O–H groups in total. The molecule has 76 valence electrons. The van der Waals surface area contributed by atoms with Crippen LogP contribution in [0.25, 0.3) is 0 Å². The molecule has 0 aromatic heterocycles. The van der Waals surface area contributed by atoms with Gasteiger partial charge >= 0.3 is 0 Å². The zero-order valence-corrected chi connectivity index (χ0v) is 8.80. The summed E-state index contributed by atoms with van der Waals surface area (Å²) in [5, 5.41) is 12.9. The van der Waals surface area contributed by atoms with E-state index in [1.54, 1.807) is 6.07 Å². The molecule has 0 saturated heterocycles. The molecule has 0 amide bonds. The third-order valence-electron chi connectivity index (χ3n) is 2.96. The van der Waals surface area contributed by atoms with Crippen LogP contribution >= 0.6 is 0 Å². The molecule has 0 fully saturated rings. The molecule has 2 heteroatoms. The Morgan fingerprint density at radius 3 is 2.93 bits per heavy atom. The maximum absolute atomic E-state index is 9.43. The summed E-state index contributed by atoms with van der Waals surface area (Å²) < 4.78 is 0. The number of hydrogen-bond acceptors (Lipinski definition) is 2. The lowest BCUT2D eigenvalue weighted by atomic mass is 9.82. The third-order valence-corrected chi connectivity index (χ3v) is 2.96. The number of rotatable bonds is 0. The van der Waals surface area contributed by atoms with Gasteiger partial charge in [0.05, 0.1) is 0 Å². The summed E-state index contributed by atoms with van der Waals surface area (Å²) in [7, 11) is 0. The Morgan fingerprint density at radius 2 is 2.14 bits per heavy atom. The van der Waals surface area contributed by atoms with Gasteiger partial charge in [-0.1, -0.05) is 19.9 Å². The highest BCUT2D eigenvalue weighted by Gasteiger charge is 2.25. The Kier molecular flexibility index (Phi) is 2.23. The number of phenolic OH excluding ortho intramolecular Hbond substituents is 1. The van der Waals surface area contributed by atoms with Crippen LogP contribution in [0.1, 0.15) is 25.0 Å². The molecule has 0 radical (unpaired) electrons. The molecular weight excluding hydrogens is 174 g/mol.